The van der Waals surface area contributed by atoms with Crippen LogP contribution >= 0.6 is 0 Å². The number of rotatable bonds is 6. The number of hydrogen-bond acceptors (Lipinski definition) is 4. The van der Waals surface area contributed by atoms with Gasteiger partial charge in [-0.3, -0.25) is 4.79 Å². The molecule has 1 heterocycles. The molecule has 0 aliphatic heterocycles. The molecule has 0 atom stereocenters. The smallest absolute Gasteiger partial charge is 0.258 e. The second-order valence-corrected chi connectivity index (χ2v) is 7.36. The number of hydrogen-bond donors (Lipinski definition) is 2. The van der Waals surface area contributed by atoms with E-state index in [1.54, 1.807) is 7.11 Å². The van der Waals surface area contributed by atoms with E-state index in [4.69, 9.17) is 4.74 Å². The van der Waals surface area contributed by atoms with Gasteiger partial charge in [0.15, 0.2) is 0 Å². The zero-order valence-corrected chi connectivity index (χ0v) is 17.0. The molecule has 0 fully saturated rings. The van der Waals surface area contributed by atoms with Crippen LogP contribution in [0.3, 0.4) is 0 Å². The fourth-order valence-corrected chi connectivity index (χ4v) is 3.66. The molecule has 28 heavy (non-hydrogen) atoms. The molecule has 1 aromatic heterocycles. The molecule has 1 amide bonds. The molecule has 6 heteroatoms. The van der Waals surface area contributed by atoms with E-state index in [-0.39, 0.29) is 24.6 Å². The first kappa shape index (κ1) is 19.9. The van der Waals surface area contributed by atoms with Crippen molar-refractivity contribution in [2.75, 3.05) is 7.11 Å². The highest BCUT2D eigenvalue weighted by molar-refractivity contribution is 6.04. The van der Waals surface area contributed by atoms with Gasteiger partial charge in [0.1, 0.15) is 18.2 Å². The number of carbonyl (C=O) groups excluding carboxylic acids is 1. The summed E-state index contributed by atoms with van der Waals surface area (Å²) in [6, 6.07) is 11.5. The summed E-state index contributed by atoms with van der Waals surface area (Å²) >= 11 is 0. The molecule has 148 valence electrons. The highest BCUT2D eigenvalue weighted by Crippen LogP contribution is 2.34. The van der Waals surface area contributed by atoms with Crippen molar-refractivity contribution in [2.24, 2.45) is 0 Å². The molecule has 3 rings (SSSR count). The topological polar surface area (TPSA) is 78.5 Å². The number of H-pyrrole nitrogens is 1. The lowest BCUT2D eigenvalue weighted by Crippen LogP contribution is -2.42. The van der Waals surface area contributed by atoms with E-state index in [1.165, 1.54) is 0 Å². The summed E-state index contributed by atoms with van der Waals surface area (Å²) in [5.74, 6) is 1.01. The number of imidazole rings is 1. The number of carbonyl (C=O) groups is 1. The Kier molecular flexibility index (Phi) is 5.70. The average molecular weight is 381 g/mol. The number of aliphatic hydroxyl groups excluding tert-OH is 1. The number of methoxy groups -OCH3 is 1. The Balaban J connectivity index is 2.18. The zero-order valence-electron chi connectivity index (χ0n) is 17.0. The third-order valence-corrected chi connectivity index (χ3v) is 4.80. The maximum Gasteiger partial charge on any atom is 0.258 e. The molecule has 2 aromatic carbocycles. The van der Waals surface area contributed by atoms with Gasteiger partial charge in [-0.05, 0) is 57.0 Å². The van der Waals surface area contributed by atoms with E-state index in [0.29, 0.717) is 17.1 Å². The number of fused-ring (bicyclic) bond motifs is 1. The number of benzene rings is 2. The molecule has 6 nitrogen and oxygen atoms in total. The second kappa shape index (κ2) is 8.02. The molecule has 0 bridgehead atoms. The van der Waals surface area contributed by atoms with Crippen LogP contribution in [0.4, 0.5) is 0 Å². The molecular formula is C22H27N3O3. The van der Waals surface area contributed by atoms with Gasteiger partial charge in [-0.2, -0.15) is 0 Å². The maximum absolute atomic E-state index is 13.5. The largest absolute Gasteiger partial charge is 0.496 e. The molecule has 2 N–H and O–H groups in total. The first-order valence-corrected chi connectivity index (χ1v) is 9.46. The van der Waals surface area contributed by atoms with Gasteiger partial charge in [0.2, 0.25) is 0 Å². The molecule has 0 aliphatic rings. The van der Waals surface area contributed by atoms with E-state index in [9.17, 15) is 9.90 Å². The van der Waals surface area contributed by atoms with Crippen LogP contribution in [0.25, 0.3) is 22.2 Å². The van der Waals surface area contributed by atoms with Crippen LogP contribution in [0.15, 0.2) is 36.4 Å². The van der Waals surface area contributed by atoms with Gasteiger partial charge in [0.05, 0.1) is 23.7 Å². The first-order valence-electron chi connectivity index (χ1n) is 9.46. The molecule has 0 saturated carbocycles. The molecular weight excluding hydrogens is 354 g/mol. The molecule has 0 unspecified atom stereocenters. The first-order chi connectivity index (χ1) is 13.4. The summed E-state index contributed by atoms with van der Waals surface area (Å²) in [6.45, 7) is 7.91. The molecule has 0 spiro atoms. The molecule has 0 saturated heterocycles. The van der Waals surface area contributed by atoms with E-state index < -0.39 is 0 Å². The lowest BCUT2D eigenvalue weighted by Gasteiger charge is -2.32. The van der Waals surface area contributed by atoms with E-state index in [2.05, 4.69) is 9.97 Å². The summed E-state index contributed by atoms with van der Waals surface area (Å²) < 4.78 is 5.55. The minimum Gasteiger partial charge on any atom is -0.496 e. The Morgan fingerprint density at radius 2 is 1.89 bits per heavy atom. The van der Waals surface area contributed by atoms with Crippen LogP contribution < -0.4 is 4.74 Å². The minimum atomic E-state index is -0.148. The van der Waals surface area contributed by atoms with Gasteiger partial charge < -0.3 is 19.7 Å². The van der Waals surface area contributed by atoms with Crippen molar-refractivity contribution in [2.45, 2.75) is 46.4 Å². The van der Waals surface area contributed by atoms with Crippen molar-refractivity contribution >= 4 is 16.9 Å². The van der Waals surface area contributed by atoms with Crippen molar-refractivity contribution in [3.63, 3.8) is 0 Å². The van der Waals surface area contributed by atoms with Gasteiger partial charge >= 0.3 is 0 Å². The van der Waals surface area contributed by atoms with Crippen molar-refractivity contribution in [3.05, 3.63) is 47.8 Å². The summed E-state index contributed by atoms with van der Waals surface area (Å²) in [4.78, 5) is 22.8. The number of aromatic nitrogens is 2. The standard InChI is InChI=1S/C22H27N3O3/c1-13(2)25(14(3)4)22(27)21-16(7-6-8-19(21)28-5)15-9-10-17-18(11-15)24-20(12-26)23-17/h6-11,13-14,26H,12H2,1-5H3,(H,23,24). The lowest BCUT2D eigenvalue weighted by molar-refractivity contribution is 0.0641. The quantitative estimate of drug-likeness (QED) is 0.677. The fraction of sp³-hybridized carbons (Fsp3) is 0.364. The average Bonchev–Trinajstić information content (AvgIpc) is 3.09. The summed E-state index contributed by atoms with van der Waals surface area (Å²) in [5.41, 5.74) is 3.82. The number of aliphatic hydroxyl groups is 1. The van der Waals surface area contributed by atoms with Crippen molar-refractivity contribution in [1.82, 2.24) is 14.9 Å². The SMILES string of the molecule is COc1cccc(-c2ccc3nc(CO)[nH]c3c2)c1C(=O)N(C(C)C)C(C)C. The number of amides is 1. The predicted octanol–water partition coefficient (Wildman–Crippen LogP) is 3.99. The Bertz CT molecular complexity index is 984. The Labute approximate surface area is 165 Å². The highest BCUT2D eigenvalue weighted by Gasteiger charge is 2.27. The predicted molar refractivity (Wildman–Crippen MR) is 110 cm³/mol. The monoisotopic (exact) mass is 381 g/mol. The Morgan fingerprint density at radius 3 is 2.50 bits per heavy atom. The highest BCUT2D eigenvalue weighted by atomic mass is 16.5. The van der Waals surface area contributed by atoms with E-state index >= 15 is 0 Å². The van der Waals surface area contributed by atoms with Gasteiger partial charge in [0, 0.05) is 12.1 Å². The summed E-state index contributed by atoms with van der Waals surface area (Å²) in [7, 11) is 1.58. The van der Waals surface area contributed by atoms with Crippen molar-refractivity contribution in [1.29, 1.82) is 0 Å². The minimum absolute atomic E-state index is 0.0572. The van der Waals surface area contributed by atoms with Crippen LogP contribution in [-0.2, 0) is 6.61 Å². The van der Waals surface area contributed by atoms with Crippen LogP contribution in [0.1, 0.15) is 43.9 Å². The molecule has 0 aliphatic carbocycles. The van der Waals surface area contributed by atoms with Gasteiger partial charge in [-0.1, -0.05) is 18.2 Å². The number of nitrogens with zero attached hydrogens (tertiary/aromatic N) is 2. The normalized spacial score (nSPS) is 11.4. The fourth-order valence-electron chi connectivity index (χ4n) is 3.66. The third kappa shape index (κ3) is 3.60. The van der Waals surface area contributed by atoms with Crippen LogP contribution in [0.5, 0.6) is 5.75 Å². The lowest BCUT2D eigenvalue weighted by atomic mass is 9.96. The number of ether oxygens (including phenoxy) is 1. The Hall–Kier alpha value is -2.86. The van der Waals surface area contributed by atoms with E-state index in [0.717, 1.165) is 22.2 Å². The third-order valence-electron chi connectivity index (χ3n) is 4.80. The molecule has 0 radical (unpaired) electrons. The number of nitrogens with one attached hydrogen (secondary N) is 1. The number of aromatic amines is 1. The second-order valence-electron chi connectivity index (χ2n) is 7.36. The van der Waals surface area contributed by atoms with E-state index in [1.807, 2.05) is 69.0 Å². The summed E-state index contributed by atoms with van der Waals surface area (Å²) in [5, 5.41) is 9.31. The van der Waals surface area contributed by atoms with Gasteiger partial charge in [-0.15, -0.1) is 0 Å². The Morgan fingerprint density at radius 1 is 1.18 bits per heavy atom. The summed E-state index contributed by atoms with van der Waals surface area (Å²) in [6.07, 6.45) is 0. The van der Waals surface area contributed by atoms with Crippen LogP contribution in [0, 0.1) is 0 Å². The molecule has 3 aromatic rings. The zero-order chi connectivity index (χ0) is 20.4. The van der Waals surface area contributed by atoms with Crippen molar-refractivity contribution in [3.8, 4) is 16.9 Å². The van der Waals surface area contributed by atoms with Gasteiger partial charge in [-0.25, -0.2) is 4.98 Å². The van der Waals surface area contributed by atoms with Gasteiger partial charge in [0.25, 0.3) is 5.91 Å². The van der Waals surface area contributed by atoms with Crippen LogP contribution in [-0.4, -0.2) is 45.1 Å². The maximum atomic E-state index is 13.5. The van der Waals surface area contributed by atoms with Crippen molar-refractivity contribution < 1.29 is 14.6 Å². The van der Waals surface area contributed by atoms with Crippen LogP contribution in [0.2, 0.25) is 0 Å².